The molecule has 0 saturated carbocycles. The third kappa shape index (κ3) is 4.13. The Labute approximate surface area is 146 Å². The minimum atomic E-state index is -0.295. The molecule has 0 spiro atoms. The number of hydrogen-bond donors (Lipinski definition) is 2. The van der Waals surface area contributed by atoms with Gasteiger partial charge >= 0.3 is 6.03 Å². The molecule has 1 aliphatic rings. The molecule has 2 aromatic rings. The van der Waals surface area contributed by atoms with Crippen LogP contribution < -0.4 is 10.6 Å². The highest BCUT2D eigenvalue weighted by Gasteiger charge is 2.22. The zero-order valence-electron chi connectivity index (χ0n) is 13.7. The van der Waals surface area contributed by atoms with Gasteiger partial charge in [0.2, 0.25) is 0 Å². The molecule has 3 rings (SSSR count). The molecule has 2 N–H and O–H groups in total. The molecule has 128 valence electrons. The first-order valence-electron chi connectivity index (χ1n) is 8.04. The predicted molar refractivity (Wildman–Crippen MR) is 95.2 cm³/mol. The fraction of sp³-hybridized carbons (Fsp3) is 0.389. The largest absolute Gasteiger partial charge is 0.467 e. The van der Waals surface area contributed by atoms with Crippen molar-refractivity contribution in [3.8, 4) is 0 Å². The van der Waals surface area contributed by atoms with Gasteiger partial charge < -0.3 is 19.8 Å². The van der Waals surface area contributed by atoms with E-state index >= 15 is 0 Å². The SMILES string of the molecule is COC[C@H](NC(=O)NC[C@@H]1SCCc2ccccc21)c1ccco1. The van der Waals surface area contributed by atoms with Crippen LogP contribution in [0.4, 0.5) is 4.79 Å². The smallest absolute Gasteiger partial charge is 0.315 e. The van der Waals surface area contributed by atoms with E-state index < -0.39 is 0 Å². The number of ether oxygens (including phenoxy) is 1. The number of thioether (sulfide) groups is 1. The third-order valence-electron chi connectivity index (χ3n) is 4.07. The van der Waals surface area contributed by atoms with Crippen LogP contribution in [0.15, 0.2) is 47.1 Å². The molecule has 1 aliphatic heterocycles. The summed E-state index contributed by atoms with van der Waals surface area (Å²) in [6.45, 7) is 0.966. The number of fused-ring (bicyclic) bond motifs is 1. The molecule has 2 atom stereocenters. The van der Waals surface area contributed by atoms with Crippen molar-refractivity contribution in [2.75, 3.05) is 26.0 Å². The van der Waals surface area contributed by atoms with Crippen LogP contribution in [0.3, 0.4) is 0 Å². The van der Waals surface area contributed by atoms with Crippen molar-refractivity contribution in [3.05, 3.63) is 59.5 Å². The van der Waals surface area contributed by atoms with E-state index in [0.717, 1.165) is 12.2 Å². The lowest BCUT2D eigenvalue weighted by Crippen LogP contribution is -2.41. The van der Waals surface area contributed by atoms with Crippen molar-refractivity contribution >= 4 is 17.8 Å². The number of hydrogen-bond acceptors (Lipinski definition) is 4. The number of methoxy groups -OCH3 is 1. The molecule has 0 saturated heterocycles. The average molecular weight is 346 g/mol. The zero-order chi connectivity index (χ0) is 16.8. The van der Waals surface area contributed by atoms with Crippen LogP contribution >= 0.6 is 11.8 Å². The second-order valence-electron chi connectivity index (χ2n) is 5.69. The van der Waals surface area contributed by atoms with Crippen LogP contribution in [0.25, 0.3) is 0 Å². The van der Waals surface area contributed by atoms with Gasteiger partial charge in [-0.1, -0.05) is 24.3 Å². The van der Waals surface area contributed by atoms with E-state index in [9.17, 15) is 4.79 Å². The average Bonchev–Trinajstić information content (AvgIpc) is 3.14. The van der Waals surface area contributed by atoms with E-state index in [1.165, 1.54) is 11.1 Å². The molecule has 2 amide bonds. The molecular weight excluding hydrogens is 324 g/mol. The third-order valence-corrected chi connectivity index (χ3v) is 5.33. The van der Waals surface area contributed by atoms with Crippen LogP contribution in [0.2, 0.25) is 0 Å². The van der Waals surface area contributed by atoms with Gasteiger partial charge in [-0.25, -0.2) is 4.79 Å². The maximum atomic E-state index is 12.2. The molecule has 0 bridgehead atoms. The number of urea groups is 1. The number of rotatable bonds is 6. The fourth-order valence-electron chi connectivity index (χ4n) is 2.89. The van der Waals surface area contributed by atoms with E-state index in [0.29, 0.717) is 24.2 Å². The molecule has 0 radical (unpaired) electrons. The molecule has 1 aromatic heterocycles. The first-order valence-corrected chi connectivity index (χ1v) is 9.09. The highest BCUT2D eigenvalue weighted by atomic mass is 32.2. The van der Waals surface area contributed by atoms with Crippen molar-refractivity contribution in [1.29, 1.82) is 0 Å². The summed E-state index contributed by atoms with van der Waals surface area (Å²) in [6, 6.07) is 11.6. The second kappa shape index (κ2) is 8.26. The summed E-state index contributed by atoms with van der Waals surface area (Å²) in [5.41, 5.74) is 2.71. The normalized spacial score (nSPS) is 17.8. The number of aryl methyl sites for hydroxylation is 1. The molecule has 0 unspecified atom stereocenters. The highest BCUT2D eigenvalue weighted by Crippen LogP contribution is 2.35. The summed E-state index contributed by atoms with van der Waals surface area (Å²) in [5, 5.41) is 6.18. The molecule has 2 heterocycles. The topological polar surface area (TPSA) is 63.5 Å². The second-order valence-corrected chi connectivity index (χ2v) is 7.00. The van der Waals surface area contributed by atoms with E-state index in [2.05, 4.69) is 34.9 Å². The van der Waals surface area contributed by atoms with Gasteiger partial charge in [-0.15, -0.1) is 0 Å². The van der Waals surface area contributed by atoms with Gasteiger partial charge in [-0.05, 0) is 35.4 Å². The first-order chi connectivity index (χ1) is 11.8. The quantitative estimate of drug-likeness (QED) is 0.842. The summed E-state index contributed by atoms with van der Waals surface area (Å²) in [4.78, 5) is 12.2. The Morgan fingerprint density at radius 1 is 1.38 bits per heavy atom. The van der Waals surface area contributed by atoms with Crippen LogP contribution in [0.1, 0.15) is 28.2 Å². The van der Waals surface area contributed by atoms with Gasteiger partial charge in [-0.3, -0.25) is 0 Å². The van der Waals surface area contributed by atoms with Crippen molar-refractivity contribution < 1.29 is 13.9 Å². The van der Waals surface area contributed by atoms with E-state index in [1.807, 2.05) is 17.8 Å². The number of furan rings is 1. The Hall–Kier alpha value is -1.92. The lowest BCUT2D eigenvalue weighted by atomic mass is 10.0. The molecule has 24 heavy (non-hydrogen) atoms. The minimum Gasteiger partial charge on any atom is -0.467 e. The van der Waals surface area contributed by atoms with Crippen molar-refractivity contribution in [2.45, 2.75) is 17.7 Å². The van der Waals surface area contributed by atoms with Crippen molar-refractivity contribution in [2.24, 2.45) is 0 Å². The number of amides is 2. The van der Waals surface area contributed by atoms with E-state index in [4.69, 9.17) is 9.15 Å². The Morgan fingerprint density at radius 3 is 3.04 bits per heavy atom. The van der Waals surface area contributed by atoms with Gasteiger partial charge in [-0.2, -0.15) is 11.8 Å². The highest BCUT2D eigenvalue weighted by molar-refractivity contribution is 7.99. The van der Waals surface area contributed by atoms with Crippen LogP contribution in [0.5, 0.6) is 0 Å². The van der Waals surface area contributed by atoms with Gasteiger partial charge in [0, 0.05) is 18.9 Å². The Kier molecular flexibility index (Phi) is 5.82. The summed E-state index contributed by atoms with van der Waals surface area (Å²) < 4.78 is 10.5. The summed E-state index contributed by atoms with van der Waals surface area (Å²) in [5.74, 6) is 1.77. The van der Waals surface area contributed by atoms with Crippen LogP contribution in [-0.4, -0.2) is 32.0 Å². The van der Waals surface area contributed by atoms with Gasteiger partial charge in [0.05, 0.1) is 12.9 Å². The minimum absolute atomic E-state index is 0.211. The molecular formula is C18H22N2O3S. The molecule has 5 nitrogen and oxygen atoms in total. The van der Waals surface area contributed by atoms with Gasteiger partial charge in [0.25, 0.3) is 0 Å². The van der Waals surface area contributed by atoms with Gasteiger partial charge in [0.1, 0.15) is 11.8 Å². The lowest BCUT2D eigenvalue weighted by Gasteiger charge is -2.25. The summed E-state index contributed by atoms with van der Waals surface area (Å²) in [7, 11) is 1.60. The Morgan fingerprint density at radius 2 is 2.25 bits per heavy atom. The van der Waals surface area contributed by atoms with Crippen LogP contribution in [-0.2, 0) is 11.2 Å². The maximum absolute atomic E-state index is 12.2. The van der Waals surface area contributed by atoms with Crippen LogP contribution in [0, 0.1) is 0 Å². The Balaban J connectivity index is 1.56. The number of benzene rings is 1. The first kappa shape index (κ1) is 16.9. The lowest BCUT2D eigenvalue weighted by molar-refractivity contribution is 0.157. The standard InChI is InChI=1S/C18H22N2O3S/c1-22-12-15(16-7-4-9-23-16)20-18(21)19-11-17-14-6-3-2-5-13(14)8-10-24-17/h2-7,9,15,17H,8,10-12H2,1H3,(H2,19,20,21)/t15-,17-/m0/s1. The van der Waals surface area contributed by atoms with Crippen molar-refractivity contribution in [1.82, 2.24) is 10.6 Å². The molecule has 0 aliphatic carbocycles. The van der Waals surface area contributed by atoms with Crippen molar-refractivity contribution in [3.63, 3.8) is 0 Å². The zero-order valence-corrected chi connectivity index (χ0v) is 14.5. The van der Waals surface area contributed by atoms with E-state index in [-0.39, 0.29) is 12.1 Å². The molecule has 1 aromatic carbocycles. The molecule has 0 fully saturated rings. The monoisotopic (exact) mass is 346 g/mol. The number of carbonyl (C=O) groups excluding carboxylic acids is 1. The van der Waals surface area contributed by atoms with Gasteiger partial charge in [0.15, 0.2) is 0 Å². The summed E-state index contributed by atoms with van der Waals surface area (Å²) in [6.07, 6.45) is 2.69. The maximum Gasteiger partial charge on any atom is 0.315 e. The van der Waals surface area contributed by atoms with E-state index in [1.54, 1.807) is 19.4 Å². The summed E-state index contributed by atoms with van der Waals surface area (Å²) >= 11 is 1.89. The predicted octanol–water partition coefficient (Wildman–Crippen LogP) is 3.30. The fourth-order valence-corrected chi connectivity index (χ4v) is 4.12. The number of carbonyl (C=O) groups is 1. The Bertz CT molecular complexity index is 660. The molecule has 6 heteroatoms. The number of nitrogens with one attached hydrogen (secondary N) is 2.